The minimum absolute atomic E-state index is 0. The summed E-state index contributed by atoms with van der Waals surface area (Å²) in [6, 6.07) is 3.67. The van der Waals surface area contributed by atoms with Crippen LogP contribution in [0, 0.1) is 7.43 Å². The SMILES string of the molecule is [Br-].[CH3-].[Mg+2].c1ccoc1. The first-order chi connectivity index (χ1) is 2.50. The van der Waals surface area contributed by atoms with E-state index in [1.165, 1.54) is 0 Å². The van der Waals surface area contributed by atoms with Crippen LogP contribution in [0.5, 0.6) is 0 Å². The zero-order chi connectivity index (χ0) is 3.54. The van der Waals surface area contributed by atoms with Gasteiger partial charge in [-0.15, -0.1) is 0 Å². The Bertz CT molecular complexity index is 68.9. The van der Waals surface area contributed by atoms with E-state index in [4.69, 9.17) is 0 Å². The van der Waals surface area contributed by atoms with E-state index < -0.39 is 0 Å². The van der Waals surface area contributed by atoms with Crippen LogP contribution >= 0.6 is 0 Å². The zero-order valence-corrected chi connectivity index (χ0v) is 7.80. The smallest absolute Gasteiger partial charge is 1.00 e. The summed E-state index contributed by atoms with van der Waals surface area (Å²) < 4.78 is 4.58. The van der Waals surface area contributed by atoms with Gasteiger partial charge in [-0.1, -0.05) is 0 Å². The van der Waals surface area contributed by atoms with Crippen LogP contribution in [0.3, 0.4) is 0 Å². The van der Waals surface area contributed by atoms with E-state index in [1.807, 2.05) is 12.1 Å². The maximum atomic E-state index is 4.58. The fourth-order valence-electron chi connectivity index (χ4n) is 0.227. The van der Waals surface area contributed by atoms with Gasteiger partial charge in [-0.05, 0) is 12.1 Å². The van der Waals surface area contributed by atoms with Gasteiger partial charge in [-0.25, -0.2) is 0 Å². The number of rotatable bonds is 0. The molecule has 0 unspecified atom stereocenters. The van der Waals surface area contributed by atoms with Crippen molar-refractivity contribution in [2.45, 2.75) is 0 Å². The third kappa shape index (κ3) is 6.53. The molecular formula is C5H7BrMgO. The van der Waals surface area contributed by atoms with Crippen molar-refractivity contribution in [2.24, 2.45) is 0 Å². The Labute approximate surface area is 76.4 Å². The van der Waals surface area contributed by atoms with Crippen LogP contribution in [-0.4, -0.2) is 23.1 Å². The fourth-order valence-corrected chi connectivity index (χ4v) is 0.227. The van der Waals surface area contributed by atoms with E-state index in [1.54, 1.807) is 12.5 Å². The molecule has 1 aromatic rings. The molecule has 8 heavy (non-hydrogen) atoms. The molecule has 1 heterocycles. The monoisotopic (exact) mass is 186 g/mol. The number of hydrogen-bond donors (Lipinski definition) is 0. The van der Waals surface area contributed by atoms with Gasteiger partial charge >= 0.3 is 23.1 Å². The third-order valence-corrected chi connectivity index (χ3v) is 0.425. The predicted octanol–water partition coefficient (Wildman–Crippen LogP) is -1.65. The van der Waals surface area contributed by atoms with Crippen molar-refractivity contribution >= 4 is 23.1 Å². The molecule has 1 aromatic heterocycles. The maximum absolute atomic E-state index is 4.58. The van der Waals surface area contributed by atoms with Crippen LogP contribution in [0.15, 0.2) is 29.1 Å². The summed E-state index contributed by atoms with van der Waals surface area (Å²) in [7, 11) is 0. The predicted molar refractivity (Wildman–Crippen MR) is 30.9 cm³/mol. The van der Waals surface area contributed by atoms with Crippen molar-refractivity contribution in [1.29, 1.82) is 0 Å². The number of halogens is 1. The van der Waals surface area contributed by atoms with Crippen LogP contribution in [0.4, 0.5) is 0 Å². The molecule has 0 aromatic carbocycles. The Morgan fingerprint density at radius 1 is 1.00 bits per heavy atom. The van der Waals surface area contributed by atoms with Gasteiger partial charge in [0, 0.05) is 0 Å². The van der Waals surface area contributed by atoms with Crippen molar-refractivity contribution in [1.82, 2.24) is 0 Å². The summed E-state index contributed by atoms with van der Waals surface area (Å²) in [6.45, 7) is 0. The molecule has 1 nitrogen and oxygen atoms in total. The van der Waals surface area contributed by atoms with Crippen molar-refractivity contribution in [3.63, 3.8) is 0 Å². The van der Waals surface area contributed by atoms with Crippen molar-refractivity contribution in [3.8, 4) is 0 Å². The van der Waals surface area contributed by atoms with Crippen LogP contribution in [0.25, 0.3) is 0 Å². The molecule has 0 radical (unpaired) electrons. The van der Waals surface area contributed by atoms with Gasteiger partial charge in [0.05, 0.1) is 12.5 Å². The summed E-state index contributed by atoms with van der Waals surface area (Å²) in [5, 5.41) is 0. The van der Waals surface area contributed by atoms with Gasteiger partial charge in [0.15, 0.2) is 0 Å². The van der Waals surface area contributed by atoms with Gasteiger partial charge in [0.2, 0.25) is 0 Å². The van der Waals surface area contributed by atoms with Gasteiger partial charge in [0.25, 0.3) is 0 Å². The average Bonchev–Trinajstić information content (AvgIpc) is 1.76. The van der Waals surface area contributed by atoms with Crippen molar-refractivity contribution in [3.05, 3.63) is 32.1 Å². The number of hydrogen-bond acceptors (Lipinski definition) is 1. The topological polar surface area (TPSA) is 13.1 Å². The first-order valence-electron chi connectivity index (χ1n) is 1.47. The molecule has 0 atom stereocenters. The standard InChI is InChI=1S/C4H4O.CH3.BrH.Mg/c1-2-4-5-3-1;;;/h1-4H;1H3;1H;/q;-1;;+2/p-1. The van der Waals surface area contributed by atoms with Gasteiger partial charge < -0.3 is 28.8 Å². The molecular weight excluding hydrogens is 180 g/mol. The molecule has 0 N–H and O–H groups in total. The second kappa shape index (κ2) is 10.5. The Balaban J connectivity index is -0.0000000833. The molecule has 42 valence electrons. The van der Waals surface area contributed by atoms with Crippen LogP contribution in [-0.2, 0) is 0 Å². The molecule has 1 rings (SSSR count). The van der Waals surface area contributed by atoms with Gasteiger partial charge in [-0.2, -0.15) is 0 Å². The van der Waals surface area contributed by atoms with Crippen LogP contribution < -0.4 is 17.0 Å². The summed E-state index contributed by atoms with van der Waals surface area (Å²) in [6.07, 6.45) is 3.25. The largest absolute Gasteiger partial charge is 2.00 e. The first-order valence-corrected chi connectivity index (χ1v) is 1.47. The molecule has 3 heteroatoms. The molecule has 0 aliphatic heterocycles. The van der Waals surface area contributed by atoms with E-state index in [0.29, 0.717) is 0 Å². The Kier molecular flexibility index (Phi) is 20.7. The first kappa shape index (κ1) is 15.8. The van der Waals surface area contributed by atoms with Crippen molar-refractivity contribution in [2.75, 3.05) is 0 Å². The summed E-state index contributed by atoms with van der Waals surface area (Å²) in [5.41, 5.74) is 0. The fraction of sp³-hybridized carbons (Fsp3) is 0. The molecule has 0 fully saturated rings. The quantitative estimate of drug-likeness (QED) is 0.350. The van der Waals surface area contributed by atoms with E-state index in [2.05, 4.69) is 4.42 Å². The molecule has 0 saturated carbocycles. The summed E-state index contributed by atoms with van der Waals surface area (Å²) in [5.74, 6) is 0. The minimum atomic E-state index is 0. The summed E-state index contributed by atoms with van der Waals surface area (Å²) >= 11 is 0. The molecule has 0 saturated heterocycles. The number of furan rings is 1. The summed E-state index contributed by atoms with van der Waals surface area (Å²) in [4.78, 5) is 0. The average molecular weight is 187 g/mol. The molecule has 0 bridgehead atoms. The zero-order valence-electron chi connectivity index (χ0n) is 4.80. The maximum Gasteiger partial charge on any atom is 2.00 e. The van der Waals surface area contributed by atoms with Crippen molar-refractivity contribution < 1.29 is 21.4 Å². The van der Waals surface area contributed by atoms with Gasteiger partial charge in [-0.3, -0.25) is 0 Å². The van der Waals surface area contributed by atoms with Crippen LogP contribution in [0.1, 0.15) is 0 Å². The molecule has 0 aliphatic carbocycles. The normalized spacial score (nSPS) is 5.00. The van der Waals surface area contributed by atoms with Gasteiger partial charge in [0.1, 0.15) is 0 Å². The molecule has 0 amide bonds. The van der Waals surface area contributed by atoms with Crippen LogP contribution in [0.2, 0.25) is 0 Å². The van der Waals surface area contributed by atoms with E-state index in [0.717, 1.165) is 0 Å². The minimum Gasteiger partial charge on any atom is -1.00 e. The Hall–Kier alpha value is 0.526. The second-order valence-electron chi connectivity index (χ2n) is 0.793. The second-order valence-corrected chi connectivity index (χ2v) is 0.793. The van der Waals surface area contributed by atoms with E-state index in [-0.39, 0.29) is 47.5 Å². The van der Waals surface area contributed by atoms with E-state index in [9.17, 15) is 0 Å². The molecule has 0 aliphatic rings. The van der Waals surface area contributed by atoms with E-state index >= 15 is 0 Å². The Morgan fingerprint density at radius 3 is 1.50 bits per heavy atom. The molecule has 0 spiro atoms. The Morgan fingerprint density at radius 2 is 1.38 bits per heavy atom. The third-order valence-electron chi connectivity index (χ3n) is 0.425.